The van der Waals surface area contributed by atoms with Crippen molar-refractivity contribution < 1.29 is 9.13 Å². The van der Waals surface area contributed by atoms with E-state index in [-0.39, 0.29) is 12.2 Å². The molecular weight excluding hydrogens is 261 g/mol. The summed E-state index contributed by atoms with van der Waals surface area (Å²) < 4.78 is 19.7. The van der Waals surface area contributed by atoms with Crippen molar-refractivity contribution in [3.8, 4) is 0 Å². The Morgan fingerprint density at radius 2 is 2.00 bits per heavy atom. The van der Waals surface area contributed by atoms with Gasteiger partial charge >= 0.3 is 0 Å². The van der Waals surface area contributed by atoms with E-state index in [0.29, 0.717) is 12.2 Å². The molecule has 1 fully saturated rings. The van der Waals surface area contributed by atoms with Crippen molar-refractivity contribution in [3.63, 3.8) is 0 Å². The Morgan fingerprint density at radius 1 is 1.32 bits per heavy atom. The van der Waals surface area contributed by atoms with Gasteiger partial charge in [0.25, 0.3) is 0 Å². The molecule has 0 bridgehead atoms. The van der Waals surface area contributed by atoms with Crippen LogP contribution in [0.2, 0.25) is 0 Å². The summed E-state index contributed by atoms with van der Waals surface area (Å²) in [5, 5.41) is 0. The van der Waals surface area contributed by atoms with Crippen LogP contribution >= 0.6 is 11.8 Å². The zero-order chi connectivity index (χ0) is 13.8. The highest BCUT2D eigenvalue weighted by atomic mass is 32.2. The minimum Gasteiger partial charge on any atom is -0.370 e. The van der Waals surface area contributed by atoms with E-state index in [1.807, 2.05) is 19.0 Å². The summed E-state index contributed by atoms with van der Waals surface area (Å²) >= 11 is 1.67. The van der Waals surface area contributed by atoms with Crippen molar-refractivity contribution in [2.45, 2.75) is 36.6 Å². The van der Waals surface area contributed by atoms with Gasteiger partial charge < -0.3 is 9.64 Å². The Labute approximate surface area is 119 Å². The van der Waals surface area contributed by atoms with Gasteiger partial charge in [0.15, 0.2) is 0 Å². The van der Waals surface area contributed by atoms with Crippen LogP contribution in [0.25, 0.3) is 0 Å². The lowest BCUT2D eigenvalue weighted by Gasteiger charge is -2.17. The van der Waals surface area contributed by atoms with Crippen LogP contribution in [0.1, 0.15) is 12.0 Å². The minimum absolute atomic E-state index is 0.0358. The number of alkyl halides is 1. The molecule has 0 radical (unpaired) electrons. The summed E-state index contributed by atoms with van der Waals surface area (Å²) in [7, 11) is 3.98. The number of aryl methyl sites for hydroxylation is 1. The van der Waals surface area contributed by atoms with Gasteiger partial charge in [-0.05, 0) is 33.2 Å². The number of hydrogen-bond acceptors (Lipinski definition) is 3. The Hall–Kier alpha value is -0.580. The van der Waals surface area contributed by atoms with E-state index in [1.54, 1.807) is 11.8 Å². The molecule has 0 saturated carbocycles. The summed E-state index contributed by atoms with van der Waals surface area (Å²) in [5.41, 5.74) is 1.25. The molecule has 2 rings (SSSR count). The number of ether oxygens (including phenoxy) is 1. The van der Waals surface area contributed by atoms with Crippen LogP contribution in [0.3, 0.4) is 0 Å². The maximum absolute atomic E-state index is 13.9. The second-order valence-electron chi connectivity index (χ2n) is 5.43. The molecule has 0 amide bonds. The highest BCUT2D eigenvalue weighted by Crippen LogP contribution is 2.29. The molecule has 106 valence electrons. The van der Waals surface area contributed by atoms with E-state index < -0.39 is 6.17 Å². The maximum atomic E-state index is 13.9. The molecule has 0 N–H and O–H groups in total. The molecule has 0 aliphatic carbocycles. The largest absolute Gasteiger partial charge is 0.370 e. The fourth-order valence-electron chi connectivity index (χ4n) is 2.27. The average Bonchev–Trinajstić information content (AvgIpc) is 2.68. The number of rotatable bonds is 5. The third-order valence-electron chi connectivity index (χ3n) is 3.26. The van der Waals surface area contributed by atoms with Crippen molar-refractivity contribution in [3.05, 3.63) is 29.8 Å². The number of benzene rings is 1. The van der Waals surface area contributed by atoms with Crippen molar-refractivity contribution in [2.75, 3.05) is 26.4 Å². The number of thioether (sulfide) groups is 1. The van der Waals surface area contributed by atoms with Gasteiger partial charge in [0.05, 0.1) is 12.2 Å². The van der Waals surface area contributed by atoms with Gasteiger partial charge in [-0.15, -0.1) is 11.8 Å². The number of likely N-dealkylation sites (N-methyl/N-ethyl adjacent to an activating group) is 1. The Balaban J connectivity index is 1.81. The van der Waals surface area contributed by atoms with Gasteiger partial charge in [-0.2, -0.15) is 0 Å². The third kappa shape index (κ3) is 4.48. The van der Waals surface area contributed by atoms with E-state index in [4.69, 9.17) is 4.74 Å². The first-order chi connectivity index (χ1) is 9.04. The molecule has 0 spiro atoms. The fourth-order valence-corrected chi connectivity index (χ4v) is 3.24. The molecular formula is C15H22FNOS. The van der Waals surface area contributed by atoms with Crippen molar-refractivity contribution in [1.29, 1.82) is 0 Å². The van der Waals surface area contributed by atoms with Crippen molar-refractivity contribution in [2.24, 2.45) is 0 Å². The molecule has 1 aliphatic heterocycles. The summed E-state index contributed by atoms with van der Waals surface area (Å²) in [6.45, 7) is 2.87. The van der Waals surface area contributed by atoms with E-state index in [2.05, 4.69) is 31.2 Å². The molecule has 0 unspecified atom stereocenters. The highest BCUT2D eigenvalue weighted by Gasteiger charge is 2.35. The van der Waals surface area contributed by atoms with Gasteiger partial charge in [-0.25, -0.2) is 4.39 Å². The molecule has 1 aromatic carbocycles. The van der Waals surface area contributed by atoms with Crippen LogP contribution in [-0.4, -0.2) is 49.7 Å². The molecule has 1 aromatic rings. The molecule has 1 aliphatic rings. The second-order valence-corrected chi connectivity index (χ2v) is 6.53. The predicted molar refractivity (Wildman–Crippen MR) is 78.6 cm³/mol. The Kier molecular flexibility index (Phi) is 5.25. The van der Waals surface area contributed by atoms with Gasteiger partial charge in [-0.3, -0.25) is 0 Å². The van der Waals surface area contributed by atoms with E-state index in [9.17, 15) is 4.39 Å². The molecule has 0 aromatic heterocycles. The first-order valence-corrected chi connectivity index (χ1v) is 7.67. The Bertz CT molecular complexity index is 396. The first-order valence-electron chi connectivity index (χ1n) is 6.68. The molecule has 4 heteroatoms. The quantitative estimate of drug-likeness (QED) is 0.770. The first kappa shape index (κ1) is 14.8. The van der Waals surface area contributed by atoms with Gasteiger partial charge in [-0.1, -0.05) is 17.7 Å². The van der Waals surface area contributed by atoms with E-state index >= 15 is 0 Å². The fraction of sp³-hybridized carbons (Fsp3) is 0.600. The van der Waals surface area contributed by atoms with Crippen LogP contribution in [0.4, 0.5) is 4.39 Å². The summed E-state index contributed by atoms with van der Waals surface area (Å²) in [5.74, 6) is 0.689. The SMILES string of the molecule is Cc1ccc(SC[C@@H]2O[C@H](CN(C)C)C[C@H]2F)cc1. The summed E-state index contributed by atoms with van der Waals surface area (Å²) in [6.07, 6.45) is -0.537. The zero-order valence-corrected chi connectivity index (χ0v) is 12.6. The molecule has 1 heterocycles. The molecule has 2 nitrogen and oxygen atoms in total. The van der Waals surface area contributed by atoms with Gasteiger partial charge in [0.1, 0.15) is 6.17 Å². The number of hydrogen-bond donors (Lipinski definition) is 0. The average molecular weight is 283 g/mol. The van der Waals surface area contributed by atoms with Crippen LogP contribution in [0.15, 0.2) is 29.2 Å². The zero-order valence-electron chi connectivity index (χ0n) is 11.8. The topological polar surface area (TPSA) is 12.5 Å². The lowest BCUT2D eigenvalue weighted by molar-refractivity contribution is 0.0311. The van der Waals surface area contributed by atoms with Crippen LogP contribution in [0, 0.1) is 6.92 Å². The summed E-state index contributed by atoms with van der Waals surface area (Å²) in [6, 6.07) is 8.33. The standard InChI is InChI=1S/C15H22FNOS/c1-11-4-6-13(7-5-11)19-10-15-14(16)8-12(18-15)9-17(2)3/h4-7,12,14-15H,8-10H2,1-3H3/t12-,14+,15-/m0/s1. The number of nitrogens with zero attached hydrogens (tertiary/aromatic N) is 1. The molecule has 19 heavy (non-hydrogen) atoms. The molecule has 3 atom stereocenters. The maximum Gasteiger partial charge on any atom is 0.130 e. The Morgan fingerprint density at radius 3 is 2.63 bits per heavy atom. The van der Waals surface area contributed by atoms with Crippen LogP contribution in [0.5, 0.6) is 0 Å². The highest BCUT2D eigenvalue weighted by molar-refractivity contribution is 7.99. The van der Waals surface area contributed by atoms with Gasteiger partial charge in [0, 0.05) is 23.6 Å². The van der Waals surface area contributed by atoms with Crippen molar-refractivity contribution >= 4 is 11.8 Å². The lowest BCUT2D eigenvalue weighted by atomic mass is 10.2. The van der Waals surface area contributed by atoms with E-state index in [0.717, 1.165) is 6.54 Å². The van der Waals surface area contributed by atoms with Crippen LogP contribution < -0.4 is 0 Å². The van der Waals surface area contributed by atoms with Crippen molar-refractivity contribution in [1.82, 2.24) is 4.90 Å². The third-order valence-corrected chi connectivity index (χ3v) is 4.36. The number of halogens is 1. The normalized spacial score (nSPS) is 27.1. The minimum atomic E-state index is -0.831. The van der Waals surface area contributed by atoms with Crippen LogP contribution in [-0.2, 0) is 4.74 Å². The van der Waals surface area contributed by atoms with Gasteiger partial charge in [0.2, 0.25) is 0 Å². The monoisotopic (exact) mass is 283 g/mol. The second kappa shape index (κ2) is 6.73. The predicted octanol–water partition coefficient (Wildman–Crippen LogP) is 3.14. The van der Waals surface area contributed by atoms with E-state index in [1.165, 1.54) is 10.5 Å². The molecule has 1 saturated heterocycles. The lowest BCUT2D eigenvalue weighted by Crippen LogP contribution is -2.26. The summed E-state index contributed by atoms with van der Waals surface area (Å²) in [4.78, 5) is 3.23. The smallest absolute Gasteiger partial charge is 0.130 e.